The molecule has 0 fully saturated rings. The molecule has 1 heterocycles. The van der Waals surface area contributed by atoms with Gasteiger partial charge in [0, 0.05) is 18.2 Å². The lowest BCUT2D eigenvalue weighted by molar-refractivity contribution is -0.146. The van der Waals surface area contributed by atoms with Crippen molar-refractivity contribution in [3.63, 3.8) is 0 Å². The lowest BCUT2D eigenvalue weighted by Crippen LogP contribution is -2.10. The predicted molar refractivity (Wildman–Crippen MR) is 139 cm³/mol. The molecule has 3 nitrogen and oxygen atoms in total. The van der Waals surface area contributed by atoms with E-state index in [4.69, 9.17) is 4.74 Å². The van der Waals surface area contributed by atoms with Crippen molar-refractivity contribution < 1.29 is 9.53 Å². The van der Waals surface area contributed by atoms with Gasteiger partial charge >= 0.3 is 5.97 Å². The van der Waals surface area contributed by atoms with E-state index in [2.05, 4.69) is 56.9 Å². The number of esters is 1. The maximum Gasteiger partial charge on any atom is 0.306 e. The van der Waals surface area contributed by atoms with Gasteiger partial charge in [0.1, 0.15) is 6.61 Å². The zero-order valence-corrected chi connectivity index (χ0v) is 21.4. The SMILES string of the molecule is CCCCCCCCc1ccc(-c2ccc(COC(=O)C[C@@H](C)CCCC(C)C)cc2)nc1. The minimum atomic E-state index is -0.0984. The van der Waals surface area contributed by atoms with E-state index in [1.165, 1.54) is 56.9 Å². The molecule has 0 aliphatic rings. The number of rotatable bonds is 16. The van der Waals surface area contributed by atoms with Gasteiger partial charge in [-0.2, -0.15) is 0 Å². The molecule has 3 heteroatoms. The fraction of sp³-hybridized carbons (Fsp3) is 0.600. The Bertz CT molecular complexity index is 780. The first-order chi connectivity index (χ1) is 16.0. The first-order valence-electron chi connectivity index (χ1n) is 13.2. The summed E-state index contributed by atoms with van der Waals surface area (Å²) >= 11 is 0. The van der Waals surface area contributed by atoms with Crippen molar-refractivity contribution in [2.45, 2.75) is 105 Å². The number of pyridine rings is 1. The molecule has 0 radical (unpaired) electrons. The first-order valence-corrected chi connectivity index (χ1v) is 13.2. The quantitative estimate of drug-likeness (QED) is 0.189. The summed E-state index contributed by atoms with van der Waals surface area (Å²) in [4.78, 5) is 16.8. The van der Waals surface area contributed by atoms with Crippen LogP contribution in [0.4, 0.5) is 0 Å². The van der Waals surface area contributed by atoms with Gasteiger partial charge in [0.2, 0.25) is 0 Å². The van der Waals surface area contributed by atoms with Crippen molar-refractivity contribution in [2.24, 2.45) is 11.8 Å². The second-order valence-corrected chi connectivity index (χ2v) is 10.1. The van der Waals surface area contributed by atoms with Crippen molar-refractivity contribution in [1.82, 2.24) is 4.98 Å². The van der Waals surface area contributed by atoms with Crippen LogP contribution in [0.25, 0.3) is 11.3 Å². The Morgan fingerprint density at radius 2 is 1.55 bits per heavy atom. The highest BCUT2D eigenvalue weighted by Crippen LogP contribution is 2.20. The number of unbranched alkanes of at least 4 members (excludes halogenated alkanes) is 5. The maximum atomic E-state index is 12.2. The molecule has 0 aliphatic heterocycles. The van der Waals surface area contributed by atoms with E-state index in [1.54, 1.807) is 0 Å². The second-order valence-electron chi connectivity index (χ2n) is 10.1. The molecule has 0 unspecified atom stereocenters. The minimum absolute atomic E-state index is 0.0984. The highest BCUT2D eigenvalue weighted by atomic mass is 16.5. The van der Waals surface area contributed by atoms with E-state index < -0.39 is 0 Å². The van der Waals surface area contributed by atoms with Crippen molar-refractivity contribution >= 4 is 5.97 Å². The van der Waals surface area contributed by atoms with E-state index in [9.17, 15) is 4.79 Å². The summed E-state index contributed by atoms with van der Waals surface area (Å²) in [7, 11) is 0. The Kier molecular flexibility index (Phi) is 12.8. The summed E-state index contributed by atoms with van der Waals surface area (Å²) in [5.41, 5.74) is 4.41. The average Bonchev–Trinajstić information content (AvgIpc) is 2.80. The first kappa shape index (κ1) is 27.1. The van der Waals surface area contributed by atoms with Crippen molar-refractivity contribution in [3.05, 3.63) is 53.7 Å². The number of aromatic nitrogens is 1. The highest BCUT2D eigenvalue weighted by Gasteiger charge is 2.11. The molecule has 0 spiro atoms. The lowest BCUT2D eigenvalue weighted by Gasteiger charge is -2.12. The fourth-order valence-electron chi connectivity index (χ4n) is 4.11. The van der Waals surface area contributed by atoms with Crippen molar-refractivity contribution in [1.29, 1.82) is 0 Å². The number of carbonyl (C=O) groups excluding carboxylic acids is 1. The summed E-state index contributed by atoms with van der Waals surface area (Å²) < 4.78 is 5.50. The molecule has 2 rings (SSSR count). The molecule has 0 bridgehead atoms. The smallest absolute Gasteiger partial charge is 0.306 e. The van der Waals surface area contributed by atoms with Gasteiger partial charge < -0.3 is 4.74 Å². The maximum absolute atomic E-state index is 12.2. The topological polar surface area (TPSA) is 39.2 Å². The van der Waals surface area contributed by atoms with E-state index in [0.717, 1.165) is 35.6 Å². The van der Waals surface area contributed by atoms with Crippen molar-refractivity contribution in [2.75, 3.05) is 0 Å². The molecule has 1 aromatic heterocycles. The molecule has 0 saturated carbocycles. The average molecular weight is 452 g/mol. The van der Waals surface area contributed by atoms with Gasteiger partial charge in [-0.25, -0.2) is 0 Å². The van der Waals surface area contributed by atoms with Gasteiger partial charge in [0.05, 0.1) is 5.69 Å². The zero-order valence-electron chi connectivity index (χ0n) is 21.4. The molecule has 1 atom stereocenters. The van der Waals surface area contributed by atoms with Crippen LogP contribution in [-0.4, -0.2) is 11.0 Å². The summed E-state index contributed by atoms with van der Waals surface area (Å²) in [6.45, 7) is 9.22. The molecule has 33 heavy (non-hydrogen) atoms. The third kappa shape index (κ3) is 11.5. The highest BCUT2D eigenvalue weighted by molar-refractivity contribution is 5.69. The van der Waals surface area contributed by atoms with Gasteiger partial charge in [-0.05, 0) is 41.9 Å². The number of hydrogen-bond acceptors (Lipinski definition) is 3. The Labute approximate surface area is 202 Å². The van der Waals surface area contributed by atoms with Crippen molar-refractivity contribution in [3.8, 4) is 11.3 Å². The predicted octanol–water partition coefficient (Wildman–Crippen LogP) is 8.55. The molecular formula is C30H45NO2. The molecular weight excluding hydrogens is 406 g/mol. The number of hydrogen-bond donors (Lipinski definition) is 0. The minimum Gasteiger partial charge on any atom is -0.461 e. The van der Waals surface area contributed by atoms with E-state index in [1.807, 2.05) is 18.3 Å². The molecule has 0 amide bonds. The summed E-state index contributed by atoms with van der Waals surface area (Å²) in [5.74, 6) is 1.01. The molecule has 0 saturated heterocycles. The lowest BCUT2D eigenvalue weighted by atomic mass is 9.97. The number of nitrogens with zero attached hydrogens (tertiary/aromatic N) is 1. The third-order valence-corrected chi connectivity index (χ3v) is 6.29. The van der Waals surface area contributed by atoms with Crippen LogP contribution in [-0.2, 0) is 22.6 Å². The molecule has 1 aromatic carbocycles. The fourth-order valence-corrected chi connectivity index (χ4v) is 4.11. The van der Waals surface area contributed by atoms with Crippen LogP contribution in [0.15, 0.2) is 42.6 Å². The Morgan fingerprint density at radius 1 is 0.848 bits per heavy atom. The van der Waals surface area contributed by atoms with Crippen LogP contribution in [0.5, 0.6) is 0 Å². The Balaban J connectivity index is 1.72. The number of ether oxygens (including phenoxy) is 1. The van der Waals surface area contributed by atoms with Gasteiger partial charge in [-0.1, -0.05) is 109 Å². The number of aryl methyl sites for hydroxylation is 1. The molecule has 0 N–H and O–H groups in total. The number of carbonyl (C=O) groups is 1. The van der Waals surface area contributed by atoms with Gasteiger partial charge in [0.25, 0.3) is 0 Å². The number of benzene rings is 1. The van der Waals surface area contributed by atoms with Crippen LogP contribution in [0.3, 0.4) is 0 Å². The normalized spacial score (nSPS) is 12.2. The molecule has 2 aromatic rings. The largest absolute Gasteiger partial charge is 0.461 e. The van der Waals surface area contributed by atoms with Gasteiger partial charge in [-0.15, -0.1) is 0 Å². The zero-order chi connectivity index (χ0) is 23.9. The Hall–Kier alpha value is -2.16. The summed E-state index contributed by atoms with van der Waals surface area (Å²) in [5, 5.41) is 0. The monoisotopic (exact) mass is 451 g/mol. The van der Waals surface area contributed by atoms with Gasteiger partial charge in [0.15, 0.2) is 0 Å². The molecule has 0 aliphatic carbocycles. The summed E-state index contributed by atoms with van der Waals surface area (Å²) in [6, 6.07) is 12.5. The van der Waals surface area contributed by atoms with Crippen LogP contribution < -0.4 is 0 Å². The standard InChI is InChI=1S/C30H45NO2/c1-5-6-7-8-9-10-14-26-17-20-29(31-22-26)28-18-15-27(16-19-28)23-33-30(32)21-25(4)13-11-12-24(2)3/h15-20,22,24-25H,5-14,21,23H2,1-4H3/t25-/m0/s1. The van der Waals surface area contributed by atoms with E-state index in [0.29, 0.717) is 18.9 Å². The van der Waals surface area contributed by atoms with Crippen LogP contribution in [0.1, 0.15) is 103 Å². The third-order valence-electron chi connectivity index (χ3n) is 6.29. The van der Waals surface area contributed by atoms with E-state index in [-0.39, 0.29) is 5.97 Å². The molecule has 182 valence electrons. The van der Waals surface area contributed by atoms with Crippen LogP contribution >= 0.6 is 0 Å². The van der Waals surface area contributed by atoms with Crippen LogP contribution in [0, 0.1) is 11.8 Å². The van der Waals surface area contributed by atoms with Gasteiger partial charge in [-0.3, -0.25) is 9.78 Å². The second kappa shape index (κ2) is 15.6. The Morgan fingerprint density at radius 3 is 2.21 bits per heavy atom. The summed E-state index contributed by atoms with van der Waals surface area (Å²) in [6.07, 6.45) is 15.0. The van der Waals surface area contributed by atoms with E-state index >= 15 is 0 Å². The van der Waals surface area contributed by atoms with Crippen LogP contribution in [0.2, 0.25) is 0 Å².